The molecule has 4 nitrogen and oxygen atoms in total. The van der Waals surface area contributed by atoms with Crippen LogP contribution in [0.4, 0.5) is 9.52 Å². The maximum atomic E-state index is 13.6. The second kappa shape index (κ2) is 5.81. The number of aryl methyl sites for hydroxylation is 2. The van der Waals surface area contributed by atoms with Gasteiger partial charge in [-0.2, -0.15) is 0 Å². The molecule has 0 bridgehead atoms. The molecule has 1 aromatic carbocycles. The summed E-state index contributed by atoms with van der Waals surface area (Å²) in [7, 11) is 1.41. The predicted octanol–water partition coefficient (Wildman–Crippen LogP) is 2.96. The lowest BCUT2D eigenvalue weighted by molar-refractivity contribution is -0.115. The minimum atomic E-state index is -0.462. The van der Waals surface area contributed by atoms with Gasteiger partial charge in [0.15, 0.2) is 16.7 Å². The number of hydrogen-bond acceptors (Lipinski definition) is 4. The topological polar surface area (TPSA) is 51.2 Å². The third kappa shape index (κ3) is 3.05. The summed E-state index contributed by atoms with van der Waals surface area (Å²) >= 11 is 1.53. The monoisotopic (exact) mass is 306 g/mol. The van der Waals surface area contributed by atoms with E-state index in [-0.39, 0.29) is 18.1 Å². The van der Waals surface area contributed by atoms with Crippen molar-refractivity contribution in [2.45, 2.75) is 25.7 Å². The Morgan fingerprint density at radius 1 is 1.48 bits per heavy atom. The highest BCUT2D eigenvalue weighted by Crippen LogP contribution is 2.30. The van der Waals surface area contributed by atoms with Crippen molar-refractivity contribution in [1.82, 2.24) is 4.98 Å². The van der Waals surface area contributed by atoms with Gasteiger partial charge in [-0.3, -0.25) is 4.79 Å². The Balaban J connectivity index is 1.64. The first-order chi connectivity index (χ1) is 10.2. The number of benzene rings is 1. The second-order valence-corrected chi connectivity index (χ2v) is 6.02. The van der Waals surface area contributed by atoms with Crippen LogP contribution >= 0.6 is 11.3 Å². The predicted molar refractivity (Wildman–Crippen MR) is 79.4 cm³/mol. The molecule has 0 saturated carbocycles. The van der Waals surface area contributed by atoms with Crippen LogP contribution in [0.25, 0.3) is 0 Å². The van der Waals surface area contributed by atoms with Crippen molar-refractivity contribution < 1.29 is 13.9 Å². The molecule has 1 aliphatic carbocycles. The van der Waals surface area contributed by atoms with Crippen LogP contribution in [-0.4, -0.2) is 18.0 Å². The van der Waals surface area contributed by atoms with E-state index in [1.54, 1.807) is 6.07 Å². The maximum absolute atomic E-state index is 13.6. The Bertz CT molecular complexity index is 663. The number of rotatable bonds is 4. The molecule has 0 spiro atoms. The van der Waals surface area contributed by atoms with Gasteiger partial charge >= 0.3 is 0 Å². The van der Waals surface area contributed by atoms with Crippen molar-refractivity contribution in [3.63, 3.8) is 0 Å². The minimum Gasteiger partial charge on any atom is -0.494 e. The van der Waals surface area contributed by atoms with Gasteiger partial charge < -0.3 is 10.1 Å². The summed E-state index contributed by atoms with van der Waals surface area (Å²) in [6.07, 6.45) is 3.30. The standard InChI is InChI=1S/C15H15FN2O2S/c1-20-12-6-5-9(7-10(12)16)8-14(19)18-15-17-11-3-2-4-13(11)21-15/h5-7H,2-4,8H2,1H3,(H,17,18,19). The fourth-order valence-corrected chi connectivity index (χ4v) is 3.48. The van der Waals surface area contributed by atoms with Crippen LogP contribution in [0.3, 0.4) is 0 Å². The van der Waals surface area contributed by atoms with E-state index >= 15 is 0 Å². The van der Waals surface area contributed by atoms with E-state index in [0.29, 0.717) is 10.7 Å². The van der Waals surface area contributed by atoms with Gasteiger partial charge in [-0.15, -0.1) is 11.3 Å². The molecule has 6 heteroatoms. The smallest absolute Gasteiger partial charge is 0.230 e. The highest BCUT2D eigenvalue weighted by atomic mass is 32.1. The molecule has 2 aromatic rings. The maximum Gasteiger partial charge on any atom is 0.230 e. The summed E-state index contributed by atoms with van der Waals surface area (Å²) in [5.41, 5.74) is 1.71. The Kier molecular flexibility index (Phi) is 3.88. The zero-order valence-corrected chi connectivity index (χ0v) is 12.4. The number of carbonyl (C=O) groups excluding carboxylic acids is 1. The van der Waals surface area contributed by atoms with E-state index < -0.39 is 5.82 Å². The minimum absolute atomic E-state index is 0.116. The molecule has 0 fully saturated rings. The number of ether oxygens (including phenoxy) is 1. The Morgan fingerprint density at radius 2 is 2.33 bits per heavy atom. The Labute approximate surface area is 126 Å². The summed E-state index contributed by atoms with van der Waals surface area (Å²) in [4.78, 5) is 17.7. The van der Waals surface area contributed by atoms with Crippen molar-refractivity contribution in [2.24, 2.45) is 0 Å². The number of aromatic nitrogens is 1. The third-order valence-corrected chi connectivity index (χ3v) is 4.50. The molecule has 0 saturated heterocycles. The number of halogens is 1. The number of thiazole rings is 1. The highest BCUT2D eigenvalue weighted by Gasteiger charge is 2.18. The van der Waals surface area contributed by atoms with E-state index in [4.69, 9.17) is 4.74 Å². The molecular weight excluding hydrogens is 291 g/mol. The summed E-state index contributed by atoms with van der Waals surface area (Å²) in [6.45, 7) is 0. The van der Waals surface area contributed by atoms with Crippen molar-refractivity contribution in [1.29, 1.82) is 0 Å². The van der Waals surface area contributed by atoms with E-state index in [9.17, 15) is 9.18 Å². The highest BCUT2D eigenvalue weighted by molar-refractivity contribution is 7.15. The molecule has 1 aromatic heterocycles. The molecule has 1 amide bonds. The molecule has 1 heterocycles. The summed E-state index contributed by atoms with van der Waals surface area (Å²) in [6, 6.07) is 4.53. The molecular formula is C15H15FN2O2S. The fraction of sp³-hybridized carbons (Fsp3) is 0.333. The average Bonchev–Trinajstić information content (AvgIpc) is 2.99. The molecule has 21 heavy (non-hydrogen) atoms. The fourth-order valence-electron chi connectivity index (χ4n) is 2.41. The van der Waals surface area contributed by atoms with Gasteiger partial charge in [0.25, 0.3) is 0 Å². The number of carbonyl (C=O) groups is 1. The molecule has 1 aliphatic rings. The lowest BCUT2D eigenvalue weighted by Crippen LogP contribution is -2.14. The van der Waals surface area contributed by atoms with Crippen LogP contribution in [-0.2, 0) is 24.1 Å². The lowest BCUT2D eigenvalue weighted by Gasteiger charge is -2.05. The van der Waals surface area contributed by atoms with Crippen molar-refractivity contribution >= 4 is 22.4 Å². The first-order valence-corrected chi connectivity index (χ1v) is 7.58. The first kappa shape index (κ1) is 14.0. The van der Waals surface area contributed by atoms with Crippen molar-refractivity contribution in [2.75, 3.05) is 12.4 Å². The van der Waals surface area contributed by atoms with E-state index in [0.717, 1.165) is 25.0 Å². The van der Waals surface area contributed by atoms with Gasteiger partial charge in [-0.25, -0.2) is 9.37 Å². The van der Waals surface area contributed by atoms with E-state index in [1.807, 2.05) is 0 Å². The van der Waals surface area contributed by atoms with Gasteiger partial charge in [-0.05, 0) is 37.0 Å². The van der Waals surface area contributed by atoms with Crippen LogP contribution in [0.5, 0.6) is 5.75 Å². The average molecular weight is 306 g/mol. The molecule has 0 radical (unpaired) electrons. The van der Waals surface area contributed by atoms with Crippen LogP contribution < -0.4 is 10.1 Å². The third-order valence-electron chi connectivity index (χ3n) is 3.42. The molecule has 0 unspecified atom stereocenters. The number of fused-ring (bicyclic) bond motifs is 1. The van der Waals surface area contributed by atoms with Crippen LogP contribution in [0.1, 0.15) is 22.6 Å². The number of amides is 1. The lowest BCUT2D eigenvalue weighted by atomic mass is 10.1. The van der Waals surface area contributed by atoms with Crippen LogP contribution in [0.15, 0.2) is 18.2 Å². The van der Waals surface area contributed by atoms with E-state index in [2.05, 4.69) is 10.3 Å². The van der Waals surface area contributed by atoms with E-state index in [1.165, 1.54) is 35.5 Å². The zero-order valence-electron chi connectivity index (χ0n) is 11.6. The quantitative estimate of drug-likeness (QED) is 0.945. The Hall–Kier alpha value is -1.95. The largest absolute Gasteiger partial charge is 0.494 e. The molecule has 0 atom stereocenters. The molecule has 110 valence electrons. The number of nitrogens with zero attached hydrogens (tertiary/aromatic N) is 1. The molecule has 0 aliphatic heterocycles. The van der Waals surface area contributed by atoms with Gasteiger partial charge in [0.05, 0.1) is 19.2 Å². The summed E-state index contributed by atoms with van der Waals surface area (Å²) < 4.78 is 18.4. The van der Waals surface area contributed by atoms with Gasteiger partial charge in [-0.1, -0.05) is 6.07 Å². The summed E-state index contributed by atoms with van der Waals surface area (Å²) in [5.74, 6) is -0.474. The van der Waals surface area contributed by atoms with Crippen LogP contribution in [0, 0.1) is 5.82 Å². The molecule has 1 N–H and O–H groups in total. The van der Waals surface area contributed by atoms with Crippen molar-refractivity contribution in [3.05, 3.63) is 40.2 Å². The van der Waals surface area contributed by atoms with Gasteiger partial charge in [0.2, 0.25) is 5.91 Å². The normalized spacial score (nSPS) is 13.0. The number of anilines is 1. The summed E-state index contributed by atoms with van der Waals surface area (Å²) in [5, 5.41) is 3.42. The number of methoxy groups -OCH3 is 1. The SMILES string of the molecule is COc1ccc(CC(=O)Nc2nc3c(s2)CCC3)cc1F. The van der Waals surface area contributed by atoms with Crippen molar-refractivity contribution in [3.8, 4) is 5.75 Å². The first-order valence-electron chi connectivity index (χ1n) is 6.76. The number of nitrogens with one attached hydrogen (secondary N) is 1. The zero-order chi connectivity index (χ0) is 14.8. The number of hydrogen-bond donors (Lipinski definition) is 1. The van der Waals surface area contributed by atoms with Gasteiger partial charge in [0, 0.05) is 4.88 Å². The van der Waals surface area contributed by atoms with Gasteiger partial charge in [0.1, 0.15) is 0 Å². The molecule has 3 rings (SSSR count). The second-order valence-electron chi connectivity index (χ2n) is 4.94. The Morgan fingerprint density at radius 3 is 3.05 bits per heavy atom. The van der Waals surface area contributed by atoms with Crippen LogP contribution in [0.2, 0.25) is 0 Å².